The van der Waals surface area contributed by atoms with Gasteiger partial charge in [0.1, 0.15) is 0 Å². The van der Waals surface area contributed by atoms with Gasteiger partial charge in [0.15, 0.2) is 0 Å². The lowest BCUT2D eigenvalue weighted by atomic mass is 9.94. The molecule has 0 bridgehead atoms. The third-order valence-electron chi connectivity index (χ3n) is 4.15. The number of nitrogens with one attached hydrogen (secondary N) is 3. The highest BCUT2D eigenvalue weighted by molar-refractivity contribution is 6.18. The standard InChI is InChI=1S/C16H19N5O/c1-10(22)21-7-6-14(18-2)13(9-21)16(17)11-4-3-5-15-12(11)8-19-20-15/h3-5,8,17-18H,6-7,9H2,1-2H3,(H,19,20). The summed E-state index contributed by atoms with van der Waals surface area (Å²) in [7, 11) is 1.87. The average Bonchev–Trinajstić information content (AvgIpc) is 3.02. The smallest absolute Gasteiger partial charge is 0.219 e. The van der Waals surface area contributed by atoms with Gasteiger partial charge in [-0.3, -0.25) is 15.3 Å². The number of hydrogen-bond acceptors (Lipinski definition) is 4. The van der Waals surface area contributed by atoms with E-state index in [1.54, 1.807) is 18.0 Å². The molecule has 6 nitrogen and oxygen atoms in total. The molecule has 1 aromatic carbocycles. The molecule has 3 rings (SSSR count). The predicted molar refractivity (Wildman–Crippen MR) is 85.9 cm³/mol. The second-order valence-electron chi connectivity index (χ2n) is 5.41. The first-order valence-corrected chi connectivity index (χ1v) is 7.28. The number of hydrogen-bond donors (Lipinski definition) is 3. The number of H-pyrrole nitrogens is 1. The average molecular weight is 297 g/mol. The van der Waals surface area contributed by atoms with Crippen molar-refractivity contribution < 1.29 is 4.79 Å². The van der Waals surface area contributed by atoms with Crippen LogP contribution in [-0.4, -0.2) is 46.9 Å². The van der Waals surface area contributed by atoms with E-state index in [9.17, 15) is 4.79 Å². The summed E-state index contributed by atoms with van der Waals surface area (Å²) < 4.78 is 0. The van der Waals surface area contributed by atoms with Crippen LogP contribution in [0.15, 0.2) is 35.7 Å². The van der Waals surface area contributed by atoms with Crippen molar-refractivity contribution in [3.8, 4) is 0 Å². The minimum atomic E-state index is 0.0435. The van der Waals surface area contributed by atoms with Crippen molar-refractivity contribution in [3.63, 3.8) is 0 Å². The molecule has 1 aliphatic rings. The van der Waals surface area contributed by atoms with Gasteiger partial charge >= 0.3 is 0 Å². The Hall–Kier alpha value is -2.63. The van der Waals surface area contributed by atoms with Gasteiger partial charge in [0.05, 0.1) is 17.4 Å². The van der Waals surface area contributed by atoms with E-state index >= 15 is 0 Å². The number of rotatable bonds is 3. The van der Waals surface area contributed by atoms with Gasteiger partial charge in [0, 0.05) is 55.7 Å². The van der Waals surface area contributed by atoms with E-state index in [-0.39, 0.29) is 5.91 Å². The molecule has 0 radical (unpaired) electrons. The SMILES string of the molecule is CNC1=C(C(=N)c2cccc3[nH]ncc23)CN(C(C)=O)CC1. The molecule has 0 spiro atoms. The first kappa shape index (κ1) is 14.3. The fraction of sp³-hybridized carbons (Fsp3) is 0.312. The van der Waals surface area contributed by atoms with E-state index in [4.69, 9.17) is 5.41 Å². The molecule has 1 aromatic heterocycles. The minimum absolute atomic E-state index is 0.0435. The minimum Gasteiger partial charge on any atom is -0.391 e. The maximum atomic E-state index is 11.7. The zero-order valence-electron chi connectivity index (χ0n) is 12.7. The van der Waals surface area contributed by atoms with Crippen LogP contribution < -0.4 is 5.32 Å². The summed E-state index contributed by atoms with van der Waals surface area (Å²) in [5, 5.41) is 19.7. The van der Waals surface area contributed by atoms with Crippen LogP contribution in [0, 0.1) is 5.41 Å². The van der Waals surface area contributed by atoms with E-state index in [0.717, 1.165) is 34.2 Å². The summed E-state index contributed by atoms with van der Waals surface area (Å²) in [6.07, 6.45) is 2.49. The summed E-state index contributed by atoms with van der Waals surface area (Å²) in [4.78, 5) is 13.4. The molecule has 2 aromatic rings. The zero-order chi connectivity index (χ0) is 15.7. The van der Waals surface area contributed by atoms with E-state index in [0.29, 0.717) is 18.8 Å². The topological polar surface area (TPSA) is 84.9 Å². The fourth-order valence-corrected chi connectivity index (χ4v) is 2.89. The van der Waals surface area contributed by atoms with Crippen molar-refractivity contribution in [1.29, 1.82) is 5.41 Å². The number of carbonyl (C=O) groups is 1. The first-order chi connectivity index (χ1) is 10.6. The Morgan fingerprint density at radius 3 is 3.00 bits per heavy atom. The molecule has 2 heterocycles. The summed E-state index contributed by atoms with van der Waals surface area (Å²) in [5.74, 6) is 0.0435. The van der Waals surface area contributed by atoms with Crippen LogP contribution in [0.3, 0.4) is 0 Å². The van der Waals surface area contributed by atoms with Gasteiger partial charge < -0.3 is 10.2 Å². The van der Waals surface area contributed by atoms with Crippen molar-refractivity contribution >= 4 is 22.5 Å². The van der Waals surface area contributed by atoms with E-state index in [1.165, 1.54) is 0 Å². The maximum absolute atomic E-state index is 11.7. The van der Waals surface area contributed by atoms with E-state index < -0.39 is 0 Å². The monoisotopic (exact) mass is 297 g/mol. The lowest BCUT2D eigenvalue weighted by Crippen LogP contribution is -2.39. The lowest BCUT2D eigenvalue weighted by Gasteiger charge is -2.30. The van der Waals surface area contributed by atoms with Crippen LogP contribution in [0.4, 0.5) is 0 Å². The molecule has 1 amide bonds. The van der Waals surface area contributed by atoms with Crippen molar-refractivity contribution in [3.05, 3.63) is 41.2 Å². The van der Waals surface area contributed by atoms with Gasteiger partial charge in [-0.25, -0.2) is 0 Å². The molecule has 1 aliphatic heterocycles. The van der Waals surface area contributed by atoms with E-state index in [1.807, 2.05) is 25.2 Å². The second kappa shape index (κ2) is 5.63. The zero-order valence-corrected chi connectivity index (χ0v) is 12.7. The van der Waals surface area contributed by atoms with Crippen molar-refractivity contribution in [2.45, 2.75) is 13.3 Å². The highest BCUT2D eigenvalue weighted by Crippen LogP contribution is 2.24. The summed E-state index contributed by atoms with van der Waals surface area (Å²) in [5.41, 5.74) is 4.09. The summed E-state index contributed by atoms with van der Waals surface area (Å²) in [6.45, 7) is 2.74. The Bertz CT molecular complexity index is 774. The number of amides is 1. The Kier molecular flexibility index (Phi) is 3.66. The molecule has 0 unspecified atom stereocenters. The third-order valence-corrected chi connectivity index (χ3v) is 4.15. The molecule has 22 heavy (non-hydrogen) atoms. The van der Waals surface area contributed by atoms with Gasteiger partial charge in [-0.1, -0.05) is 12.1 Å². The summed E-state index contributed by atoms with van der Waals surface area (Å²) in [6, 6.07) is 5.78. The van der Waals surface area contributed by atoms with Crippen LogP contribution in [0.25, 0.3) is 10.9 Å². The summed E-state index contributed by atoms with van der Waals surface area (Å²) >= 11 is 0. The van der Waals surface area contributed by atoms with Crippen LogP contribution in [0.5, 0.6) is 0 Å². The largest absolute Gasteiger partial charge is 0.391 e. The number of aromatic amines is 1. The van der Waals surface area contributed by atoms with Crippen LogP contribution in [0.2, 0.25) is 0 Å². The molecule has 0 atom stereocenters. The lowest BCUT2D eigenvalue weighted by molar-refractivity contribution is -0.128. The maximum Gasteiger partial charge on any atom is 0.219 e. The second-order valence-corrected chi connectivity index (χ2v) is 5.41. The van der Waals surface area contributed by atoms with Gasteiger partial charge in [0.25, 0.3) is 0 Å². The highest BCUT2D eigenvalue weighted by Gasteiger charge is 2.24. The molecular weight excluding hydrogens is 278 g/mol. The molecule has 114 valence electrons. The normalized spacial score (nSPS) is 15.3. The van der Waals surface area contributed by atoms with Gasteiger partial charge in [-0.15, -0.1) is 0 Å². The molecule has 3 N–H and O–H groups in total. The van der Waals surface area contributed by atoms with Crippen LogP contribution in [-0.2, 0) is 4.79 Å². The molecule has 6 heteroatoms. The van der Waals surface area contributed by atoms with Crippen LogP contribution in [0.1, 0.15) is 18.9 Å². The van der Waals surface area contributed by atoms with Crippen molar-refractivity contribution in [2.24, 2.45) is 0 Å². The van der Waals surface area contributed by atoms with Crippen LogP contribution >= 0.6 is 0 Å². The molecule has 0 saturated carbocycles. The Morgan fingerprint density at radius 1 is 1.45 bits per heavy atom. The third kappa shape index (κ3) is 2.36. The number of nitrogens with zero attached hydrogens (tertiary/aromatic N) is 2. The Balaban J connectivity index is 2.03. The number of aromatic nitrogens is 2. The van der Waals surface area contributed by atoms with Crippen molar-refractivity contribution in [1.82, 2.24) is 20.4 Å². The molecule has 0 saturated heterocycles. The number of carbonyl (C=O) groups excluding carboxylic acids is 1. The Morgan fingerprint density at radius 2 is 2.27 bits per heavy atom. The molecule has 0 aliphatic carbocycles. The number of benzene rings is 1. The van der Waals surface area contributed by atoms with Crippen molar-refractivity contribution in [2.75, 3.05) is 20.1 Å². The van der Waals surface area contributed by atoms with Gasteiger partial charge in [0.2, 0.25) is 5.91 Å². The Labute approximate surface area is 128 Å². The van der Waals surface area contributed by atoms with Gasteiger partial charge in [-0.2, -0.15) is 5.10 Å². The highest BCUT2D eigenvalue weighted by atomic mass is 16.2. The quantitative estimate of drug-likeness (QED) is 0.753. The molecule has 0 fully saturated rings. The van der Waals surface area contributed by atoms with Gasteiger partial charge in [-0.05, 0) is 6.07 Å². The number of fused-ring (bicyclic) bond motifs is 1. The first-order valence-electron chi connectivity index (χ1n) is 7.28. The predicted octanol–water partition coefficient (Wildman–Crippen LogP) is 1.66. The van der Waals surface area contributed by atoms with E-state index in [2.05, 4.69) is 15.5 Å². The molecular formula is C16H19N5O. The fourth-order valence-electron chi connectivity index (χ4n) is 2.89.